The highest BCUT2D eigenvalue weighted by Crippen LogP contribution is 2.25. The lowest BCUT2D eigenvalue weighted by Gasteiger charge is -2.13. The van der Waals surface area contributed by atoms with Crippen LogP contribution in [-0.2, 0) is 11.2 Å². The van der Waals surface area contributed by atoms with Crippen LogP contribution in [0.15, 0.2) is 48.5 Å². The van der Waals surface area contributed by atoms with Crippen molar-refractivity contribution in [2.24, 2.45) is 0 Å². The Morgan fingerprint density at radius 2 is 1.74 bits per heavy atom. The molecule has 0 unspecified atom stereocenters. The van der Waals surface area contributed by atoms with E-state index >= 15 is 0 Å². The highest BCUT2D eigenvalue weighted by atomic mass is 16.5. The molecular formula is C22H21NO4. The zero-order valence-electron chi connectivity index (χ0n) is 15.6. The second-order valence-electron chi connectivity index (χ2n) is 6.13. The Kier molecular flexibility index (Phi) is 5.50. The maximum atomic E-state index is 12.8. The number of rotatable bonds is 6. The number of hydrogen-bond donors (Lipinski definition) is 0. The van der Waals surface area contributed by atoms with E-state index in [1.54, 1.807) is 24.3 Å². The van der Waals surface area contributed by atoms with Crippen molar-refractivity contribution >= 4 is 22.7 Å². The summed E-state index contributed by atoms with van der Waals surface area (Å²) in [6.07, 6.45) is 0.705. The minimum atomic E-state index is -0.524. The van der Waals surface area contributed by atoms with E-state index in [2.05, 4.69) is 4.98 Å². The van der Waals surface area contributed by atoms with Crippen molar-refractivity contribution in [2.75, 3.05) is 13.7 Å². The van der Waals surface area contributed by atoms with Gasteiger partial charge in [0.2, 0.25) is 5.78 Å². The highest BCUT2D eigenvalue weighted by Gasteiger charge is 2.20. The number of benzene rings is 2. The van der Waals surface area contributed by atoms with Crippen LogP contribution in [0.3, 0.4) is 0 Å². The van der Waals surface area contributed by atoms with Gasteiger partial charge in [-0.25, -0.2) is 4.79 Å². The minimum Gasteiger partial charge on any atom is -0.496 e. The van der Waals surface area contributed by atoms with Gasteiger partial charge in [-0.15, -0.1) is 0 Å². The van der Waals surface area contributed by atoms with Gasteiger partial charge >= 0.3 is 5.97 Å². The van der Waals surface area contributed by atoms with Gasteiger partial charge in [-0.1, -0.05) is 37.3 Å². The van der Waals surface area contributed by atoms with Crippen molar-refractivity contribution in [1.29, 1.82) is 0 Å². The third-order valence-corrected chi connectivity index (χ3v) is 4.52. The van der Waals surface area contributed by atoms with Crippen LogP contribution in [0.25, 0.3) is 10.9 Å². The fraction of sp³-hybridized carbons (Fsp3) is 0.227. The second kappa shape index (κ2) is 7.99. The lowest BCUT2D eigenvalue weighted by atomic mass is 10.0. The molecule has 3 rings (SSSR count). The Labute approximate surface area is 157 Å². The fourth-order valence-electron chi connectivity index (χ4n) is 3.12. The van der Waals surface area contributed by atoms with Gasteiger partial charge in [-0.3, -0.25) is 9.78 Å². The number of ether oxygens (including phenoxy) is 2. The molecule has 138 valence electrons. The summed E-state index contributed by atoms with van der Waals surface area (Å²) in [6.45, 7) is 3.50. The van der Waals surface area contributed by atoms with E-state index in [9.17, 15) is 9.59 Å². The van der Waals surface area contributed by atoms with Crippen molar-refractivity contribution in [2.45, 2.75) is 20.3 Å². The van der Waals surface area contributed by atoms with E-state index in [1.165, 1.54) is 7.11 Å². The molecule has 0 saturated carbocycles. The number of ketones is 1. The molecule has 0 saturated heterocycles. The fourth-order valence-corrected chi connectivity index (χ4v) is 3.12. The van der Waals surface area contributed by atoms with Crippen LogP contribution < -0.4 is 4.74 Å². The molecule has 0 amide bonds. The van der Waals surface area contributed by atoms with Gasteiger partial charge < -0.3 is 9.47 Å². The van der Waals surface area contributed by atoms with Crippen LogP contribution in [0.4, 0.5) is 0 Å². The number of carbonyl (C=O) groups excluding carboxylic acids is 2. The number of esters is 1. The maximum absolute atomic E-state index is 12.8. The molecular weight excluding hydrogens is 342 g/mol. The Hall–Kier alpha value is -3.21. The molecule has 0 N–H and O–H groups in total. The Morgan fingerprint density at radius 3 is 2.48 bits per heavy atom. The van der Waals surface area contributed by atoms with Gasteiger partial charge in [0.05, 0.1) is 23.8 Å². The van der Waals surface area contributed by atoms with Crippen molar-refractivity contribution < 1.29 is 19.1 Å². The number of hydrogen-bond acceptors (Lipinski definition) is 5. The number of Topliss-reactive ketones (excluding diaryl/α,β-unsaturated/α-hetero) is 1. The number of pyridine rings is 1. The summed E-state index contributed by atoms with van der Waals surface area (Å²) in [7, 11) is 1.50. The SMILES string of the molecule is CCc1nc2ccccc2c(C(=O)OCC(=O)c2ccccc2OC)c1C. The summed E-state index contributed by atoms with van der Waals surface area (Å²) in [5, 5.41) is 0.724. The van der Waals surface area contributed by atoms with Crippen LogP contribution in [0, 0.1) is 6.92 Å². The molecule has 1 heterocycles. The second-order valence-corrected chi connectivity index (χ2v) is 6.13. The normalized spacial score (nSPS) is 10.6. The quantitative estimate of drug-likeness (QED) is 0.486. The van der Waals surface area contributed by atoms with Gasteiger partial charge in [0.1, 0.15) is 5.75 Å². The van der Waals surface area contributed by atoms with E-state index in [0.29, 0.717) is 23.3 Å². The zero-order valence-corrected chi connectivity index (χ0v) is 15.6. The number of aromatic nitrogens is 1. The van der Waals surface area contributed by atoms with E-state index < -0.39 is 5.97 Å². The van der Waals surface area contributed by atoms with Gasteiger partial charge in [0.25, 0.3) is 0 Å². The van der Waals surface area contributed by atoms with Crippen molar-refractivity contribution in [1.82, 2.24) is 4.98 Å². The van der Waals surface area contributed by atoms with Gasteiger partial charge in [0.15, 0.2) is 6.61 Å². The summed E-state index contributed by atoms with van der Waals surface area (Å²) in [5.74, 6) is -0.381. The first-order valence-electron chi connectivity index (χ1n) is 8.78. The molecule has 0 aliphatic carbocycles. The summed E-state index contributed by atoms with van der Waals surface area (Å²) < 4.78 is 10.6. The maximum Gasteiger partial charge on any atom is 0.339 e. The Morgan fingerprint density at radius 1 is 1.04 bits per heavy atom. The lowest BCUT2D eigenvalue weighted by Crippen LogP contribution is -2.17. The average Bonchev–Trinajstić information content (AvgIpc) is 2.71. The molecule has 5 nitrogen and oxygen atoms in total. The van der Waals surface area contributed by atoms with Gasteiger partial charge in [-0.2, -0.15) is 0 Å². The number of methoxy groups -OCH3 is 1. The van der Waals surface area contributed by atoms with Gasteiger partial charge in [0, 0.05) is 11.1 Å². The summed E-state index contributed by atoms with van der Waals surface area (Å²) in [4.78, 5) is 29.9. The van der Waals surface area contributed by atoms with Crippen molar-refractivity contribution in [3.8, 4) is 5.75 Å². The van der Waals surface area contributed by atoms with E-state index in [1.807, 2.05) is 38.1 Å². The zero-order chi connectivity index (χ0) is 19.4. The molecule has 0 spiro atoms. The molecule has 0 aliphatic heterocycles. The predicted octanol–water partition coefficient (Wildman–Crippen LogP) is 4.15. The van der Waals surface area contributed by atoms with Crippen LogP contribution in [0.2, 0.25) is 0 Å². The number of aryl methyl sites for hydroxylation is 1. The standard InChI is InChI=1S/C22H21NO4/c1-4-17-14(2)21(15-9-5-7-11-18(15)23-17)22(25)27-13-19(24)16-10-6-8-12-20(16)26-3/h5-12H,4,13H2,1-3H3. The van der Waals surface area contributed by atoms with Crippen LogP contribution in [0.1, 0.15) is 38.9 Å². The molecule has 5 heteroatoms. The number of nitrogens with zero attached hydrogens (tertiary/aromatic N) is 1. The molecule has 27 heavy (non-hydrogen) atoms. The number of carbonyl (C=O) groups is 2. The molecule has 0 bridgehead atoms. The van der Waals surface area contributed by atoms with Crippen LogP contribution in [0.5, 0.6) is 5.75 Å². The number of fused-ring (bicyclic) bond motifs is 1. The topological polar surface area (TPSA) is 65.5 Å². The summed E-state index contributed by atoms with van der Waals surface area (Å²) in [6, 6.07) is 14.3. The Bertz CT molecular complexity index is 1010. The molecule has 0 aliphatic rings. The first-order valence-corrected chi connectivity index (χ1v) is 8.78. The highest BCUT2D eigenvalue weighted by molar-refractivity contribution is 6.06. The molecule has 0 radical (unpaired) electrons. The molecule has 3 aromatic rings. The molecule has 1 aromatic heterocycles. The third kappa shape index (κ3) is 3.67. The summed E-state index contributed by atoms with van der Waals surface area (Å²) >= 11 is 0. The number of para-hydroxylation sites is 2. The van der Waals surface area contributed by atoms with Crippen LogP contribution in [-0.4, -0.2) is 30.5 Å². The third-order valence-electron chi connectivity index (χ3n) is 4.52. The predicted molar refractivity (Wildman–Crippen MR) is 103 cm³/mol. The molecule has 0 fully saturated rings. The van der Waals surface area contributed by atoms with E-state index in [-0.39, 0.29) is 12.4 Å². The molecule has 0 atom stereocenters. The first-order chi connectivity index (χ1) is 13.1. The average molecular weight is 363 g/mol. The van der Waals surface area contributed by atoms with Gasteiger partial charge in [-0.05, 0) is 37.1 Å². The Balaban J connectivity index is 1.88. The van der Waals surface area contributed by atoms with E-state index in [4.69, 9.17) is 9.47 Å². The smallest absolute Gasteiger partial charge is 0.339 e. The first kappa shape index (κ1) is 18.6. The van der Waals surface area contributed by atoms with Crippen molar-refractivity contribution in [3.05, 3.63) is 70.9 Å². The lowest BCUT2D eigenvalue weighted by molar-refractivity contribution is 0.0475. The molecule has 2 aromatic carbocycles. The summed E-state index contributed by atoms with van der Waals surface area (Å²) in [5.41, 5.74) is 3.22. The monoisotopic (exact) mass is 363 g/mol. The van der Waals surface area contributed by atoms with Crippen LogP contribution >= 0.6 is 0 Å². The van der Waals surface area contributed by atoms with E-state index in [0.717, 1.165) is 22.2 Å². The largest absolute Gasteiger partial charge is 0.496 e. The minimum absolute atomic E-state index is 0.312. The van der Waals surface area contributed by atoms with Crippen molar-refractivity contribution in [3.63, 3.8) is 0 Å².